The third-order valence-electron chi connectivity index (χ3n) is 2.66. The highest BCUT2D eigenvalue weighted by atomic mass is 16.6. The largest absolute Gasteiger partial charge is 0.352 e. The number of nitrogens with one attached hydrogen (secondary N) is 1. The first kappa shape index (κ1) is 15.1. The van der Waals surface area contributed by atoms with Gasteiger partial charge in [0.2, 0.25) is 0 Å². The normalized spacial score (nSPS) is 10.5. The fourth-order valence-corrected chi connectivity index (χ4v) is 1.68. The van der Waals surface area contributed by atoms with Crippen molar-refractivity contribution in [3.05, 3.63) is 39.9 Å². The molecular formula is C13H19N3O3. The van der Waals surface area contributed by atoms with Gasteiger partial charge in [-0.15, -0.1) is 0 Å². The third kappa shape index (κ3) is 5.05. The van der Waals surface area contributed by atoms with Gasteiger partial charge < -0.3 is 10.2 Å². The number of rotatable bonds is 7. The van der Waals surface area contributed by atoms with Crippen LogP contribution in [0.15, 0.2) is 24.3 Å². The van der Waals surface area contributed by atoms with E-state index in [-0.39, 0.29) is 11.3 Å². The maximum Gasteiger partial charge on any atom is 0.282 e. The maximum absolute atomic E-state index is 11.8. The topological polar surface area (TPSA) is 75.5 Å². The molecule has 1 aromatic rings. The first-order valence-electron chi connectivity index (χ1n) is 6.18. The van der Waals surface area contributed by atoms with E-state index in [2.05, 4.69) is 10.2 Å². The Hall–Kier alpha value is -1.95. The molecule has 0 saturated carbocycles. The van der Waals surface area contributed by atoms with Crippen LogP contribution < -0.4 is 5.32 Å². The molecule has 0 spiro atoms. The molecule has 0 unspecified atom stereocenters. The molecule has 19 heavy (non-hydrogen) atoms. The van der Waals surface area contributed by atoms with Crippen molar-refractivity contribution in [2.24, 2.45) is 0 Å². The summed E-state index contributed by atoms with van der Waals surface area (Å²) in [6.07, 6.45) is 1.83. The van der Waals surface area contributed by atoms with E-state index >= 15 is 0 Å². The Bertz CT molecular complexity index is 447. The zero-order valence-corrected chi connectivity index (χ0v) is 11.3. The second kappa shape index (κ2) is 7.48. The van der Waals surface area contributed by atoms with E-state index in [4.69, 9.17) is 0 Å². The van der Waals surface area contributed by atoms with Gasteiger partial charge in [-0.05, 0) is 39.5 Å². The first-order chi connectivity index (χ1) is 9.02. The molecule has 0 aliphatic carbocycles. The van der Waals surface area contributed by atoms with E-state index < -0.39 is 10.8 Å². The van der Waals surface area contributed by atoms with Crippen molar-refractivity contribution in [2.45, 2.75) is 12.8 Å². The summed E-state index contributed by atoms with van der Waals surface area (Å²) in [5, 5.41) is 13.5. The van der Waals surface area contributed by atoms with Crippen LogP contribution in [0, 0.1) is 10.1 Å². The van der Waals surface area contributed by atoms with Gasteiger partial charge in [-0.2, -0.15) is 0 Å². The molecule has 0 aliphatic rings. The molecule has 104 valence electrons. The zero-order chi connectivity index (χ0) is 14.3. The molecular weight excluding hydrogens is 246 g/mol. The molecule has 0 radical (unpaired) electrons. The number of nitro groups is 1. The Labute approximate surface area is 112 Å². The molecule has 0 aromatic heterocycles. The molecule has 1 rings (SSSR count). The van der Waals surface area contributed by atoms with Crippen molar-refractivity contribution in [2.75, 3.05) is 27.2 Å². The van der Waals surface area contributed by atoms with E-state index in [1.165, 1.54) is 12.1 Å². The number of unbranched alkanes of at least 4 members (excludes halogenated alkanes) is 1. The Balaban J connectivity index is 2.48. The molecule has 0 heterocycles. The van der Waals surface area contributed by atoms with Gasteiger partial charge in [0.25, 0.3) is 11.6 Å². The van der Waals surface area contributed by atoms with Crippen LogP contribution in [0.2, 0.25) is 0 Å². The number of nitrogens with zero attached hydrogens (tertiary/aromatic N) is 2. The molecule has 1 aromatic carbocycles. The number of carbonyl (C=O) groups excluding carboxylic acids is 1. The highest BCUT2D eigenvalue weighted by Gasteiger charge is 2.18. The summed E-state index contributed by atoms with van der Waals surface area (Å²) < 4.78 is 0. The van der Waals surface area contributed by atoms with Gasteiger partial charge >= 0.3 is 0 Å². The van der Waals surface area contributed by atoms with E-state index in [1.807, 2.05) is 14.1 Å². The third-order valence-corrected chi connectivity index (χ3v) is 2.66. The lowest BCUT2D eigenvalue weighted by Crippen LogP contribution is -2.26. The van der Waals surface area contributed by atoms with E-state index in [1.54, 1.807) is 12.1 Å². The Kier molecular flexibility index (Phi) is 5.95. The van der Waals surface area contributed by atoms with Crippen LogP contribution in [0.1, 0.15) is 23.2 Å². The van der Waals surface area contributed by atoms with Crippen molar-refractivity contribution in [3.63, 3.8) is 0 Å². The summed E-state index contributed by atoms with van der Waals surface area (Å²) in [7, 11) is 3.98. The van der Waals surface area contributed by atoms with Crippen molar-refractivity contribution in [3.8, 4) is 0 Å². The molecule has 0 atom stereocenters. The number of benzene rings is 1. The molecule has 1 amide bonds. The van der Waals surface area contributed by atoms with Crippen LogP contribution in [0.5, 0.6) is 0 Å². The highest BCUT2D eigenvalue weighted by Crippen LogP contribution is 2.17. The number of hydrogen-bond acceptors (Lipinski definition) is 4. The molecule has 6 nitrogen and oxygen atoms in total. The molecule has 0 bridgehead atoms. The molecule has 1 N–H and O–H groups in total. The predicted molar refractivity (Wildman–Crippen MR) is 73.2 cm³/mol. The minimum Gasteiger partial charge on any atom is -0.352 e. The van der Waals surface area contributed by atoms with Crippen LogP contribution in [0.3, 0.4) is 0 Å². The van der Waals surface area contributed by atoms with Crippen molar-refractivity contribution < 1.29 is 9.72 Å². The van der Waals surface area contributed by atoms with Gasteiger partial charge in [0, 0.05) is 12.6 Å². The van der Waals surface area contributed by atoms with Gasteiger partial charge in [-0.25, -0.2) is 0 Å². The Morgan fingerprint density at radius 2 is 2.00 bits per heavy atom. The van der Waals surface area contributed by atoms with Crippen LogP contribution >= 0.6 is 0 Å². The number of nitro benzene ring substituents is 1. The average molecular weight is 265 g/mol. The van der Waals surface area contributed by atoms with E-state index in [9.17, 15) is 14.9 Å². The molecule has 0 aliphatic heterocycles. The van der Waals surface area contributed by atoms with Crippen molar-refractivity contribution in [1.29, 1.82) is 0 Å². The predicted octanol–water partition coefficient (Wildman–Crippen LogP) is 1.67. The second-order valence-electron chi connectivity index (χ2n) is 4.54. The highest BCUT2D eigenvalue weighted by molar-refractivity contribution is 5.98. The summed E-state index contributed by atoms with van der Waals surface area (Å²) in [6.45, 7) is 1.49. The van der Waals surface area contributed by atoms with Crippen LogP contribution in [-0.2, 0) is 0 Å². The SMILES string of the molecule is CN(C)CCCCNC(=O)c1ccccc1[N+](=O)[O-]. The quantitative estimate of drug-likeness (QED) is 0.462. The van der Waals surface area contributed by atoms with Crippen molar-refractivity contribution >= 4 is 11.6 Å². The van der Waals surface area contributed by atoms with Gasteiger partial charge in [0.1, 0.15) is 5.56 Å². The fourth-order valence-electron chi connectivity index (χ4n) is 1.68. The van der Waals surface area contributed by atoms with E-state index in [0.29, 0.717) is 6.54 Å². The Morgan fingerprint density at radius 1 is 1.32 bits per heavy atom. The van der Waals surface area contributed by atoms with Gasteiger partial charge in [0.05, 0.1) is 4.92 Å². The second-order valence-corrected chi connectivity index (χ2v) is 4.54. The minimum absolute atomic E-state index is 0.111. The van der Waals surface area contributed by atoms with Gasteiger partial charge in [-0.3, -0.25) is 14.9 Å². The Morgan fingerprint density at radius 3 is 2.63 bits per heavy atom. The molecule has 0 fully saturated rings. The zero-order valence-electron chi connectivity index (χ0n) is 11.3. The van der Waals surface area contributed by atoms with Crippen LogP contribution in [0.25, 0.3) is 0 Å². The minimum atomic E-state index is -0.541. The smallest absolute Gasteiger partial charge is 0.282 e. The monoisotopic (exact) mass is 265 g/mol. The average Bonchev–Trinajstić information content (AvgIpc) is 2.37. The first-order valence-corrected chi connectivity index (χ1v) is 6.18. The molecule has 0 saturated heterocycles. The van der Waals surface area contributed by atoms with Gasteiger partial charge in [-0.1, -0.05) is 12.1 Å². The summed E-state index contributed by atoms with van der Waals surface area (Å²) in [4.78, 5) is 24.2. The number of carbonyl (C=O) groups is 1. The maximum atomic E-state index is 11.8. The lowest BCUT2D eigenvalue weighted by atomic mass is 10.1. The number of amides is 1. The summed E-state index contributed by atoms with van der Waals surface area (Å²) in [5.74, 6) is -0.392. The number of hydrogen-bond donors (Lipinski definition) is 1. The lowest BCUT2D eigenvalue weighted by molar-refractivity contribution is -0.385. The van der Waals surface area contributed by atoms with Gasteiger partial charge in [0.15, 0.2) is 0 Å². The summed E-state index contributed by atoms with van der Waals surface area (Å²) in [6, 6.07) is 5.97. The standard InChI is InChI=1S/C13H19N3O3/c1-15(2)10-6-5-9-14-13(17)11-7-3-4-8-12(11)16(18)19/h3-4,7-8H,5-6,9-10H2,1-2H3,(H,14,17). The van der Waals surface area contributed by atoms with Crippen LogP contribution in [-0.4, -0.2) is 42.9 Å². The molecule has 6 heteroatoms. The van der Waals surface area contributed by atoms with Crippen LogP contribution in [0.4, 0.5) is 5.69 Å². The number of para-hydroxylation sites is 1. The summed E-state index contributed by atoms with van der Waals surface area (Å²) >= 11 is 0. The van der Waals surface area contributed by atoms with Crippen molar-refractivity contribution in [1.82, 2.24) is 10.2 Å². The lowest BCUT2D eigenvalue weighted by Gasteiger charge is -2.09. The summed E-state index contributed by atoms with van der Waals surface area (Å²) in [5.41, 5.74) is -0.0478. The van der Waals surface area contributed by atoms with E-state index in [0.717, 1.165) is 19.4 Å². The fraction of sp³-hybridized carbons (Fsp3) is 0.462.